The van der Waals surface area contributed by atoms with Gasteiger partial charge in [-0.25, -0.2) is 0 Å². The maximum Gasteiger partial charge on any atom is 0.151 e. The van der Waals surface area contributed by atoms with E-state index in [4.69, 9.17) is 20.8 Å². The molecule has 0 saturated carbocycles. The van der Waals surface area contributed by atoms with Gasteiger partial charge in [0.25, 0.3) is 0 Å². The van der Waals surface area contributed by atoms with Crippen LogP contribution in [0.5, 0.6) is 0 Å². The lowest BCUT2D eigenvalue weighted by Crippen LogP contribution is -2.33. The van der Waals surface area contributed by atoms with Crippen molar-refractivity contribution in [3.05, 3.63) is 57.9 Å². The van der Waals surface area contributed by atoms with Crippen LogP contribution in [0.2, 0.25) is 5.02 Å². The number of ether oxygens (including phenoxy) is 1. The zero-order chi connectivity index (χ0) is 18.8. The molecule has 1 aromatic carbocycles. The smallest absolute Gasteiger partial charge is 0.151 e. The second kappa shape index (κ2) is 8.08. The molecule has 0 amide bonds. The molecule has 3 atom stereocenters. The van der Waals surface area contributed by atoms with Gasteiger partial charge in [0, 0.05) is 24.3 Å². The fraction of sp³-hybridized carbons (Fsp3) is 0.368. The summed E-state index contributed by atoms with van der Waals surface area (Å²) < 4.78 is 11.0. The molecule has 2 aromatic heterocycles. The molecule has 0 spiro atoms. The third-order valence-corrected chi connectivity index (χ3v) is 5.94. The normalized spacial score (nSPS) is 22.9. The van der Waals surface area contributed by atoms with Gasteiger partial charge in [0.15, 0.2) is 5.01 Å². The molecule has 4 rings (SSSR count). The van der Waals surface area contributed by atoms with Crippen molar-refractivity contribution in [3.8, 4) is 10.6 Å². The molecule has 1 aliphatic rings. The Labute approximate surface area is 165 Å². The number of benzene rings is 1. The van der Waals surface area contributed by atoms with Gasteiger partial charge < -0.3 is 19.4 Å². The molecule has 1 fully saturated rings. The average Bonchev–Trinajstić information content (AvgIpc) is 3.34. The fourth-order valence-electron chi connectivity index (χ4n) is 3.24. The van der Waals surface area contributed by atoms with Crippen LogP contribution in [0.25, 0.3) is 10.6 Å². The predicted octanol–water partition coefficient (Wildman–Crippen LogP) is 3.62. The molecule has 3 heterocycles. The SMILES string of the molecule is OCC1CC(O)CC(c2ccc(Cl)c(Cc3nnc(-c4ccoc4)s3)c2)O1. The van der Waals surface area contributed by atoms with Gasteiger partial charge in [0.1, 0.15) is 11.3 Å². The Bertz CT molecular complexity index is 899. The average molecular weight is 407 g/mol. The Balaban J connectivity index is 1.54. The number of hydrogen-bond acceptors (Lipinski definition) is 7. The second-order valence-corrected chi connectivity index (χ2v) is 8.06. The summed E-state index contributed by atoms with van der Waals surface area (Å²) in [5.74, 6) is 0. The third-order valence-electron chi connectivity index (χ3n) is 4.60. The first kappa shape index (κ1) is 18.6. The van der Waals surface area contributed by atoms with Crippen molar-refractivity contribution in [2.45, 2.75) is 37.6 Å². The van der Waals surface area contributed by atoms with Crippen LogP contribution in [0.1, 0.15) is 35.1 Å². The maximum atomic E-state index is 10.1. The van der Waals surface area contributed by atoms with Gasteiger partial charge >= 0.3 is 0 Å². The van der Waals surface area contributed by atoms with Crippen LogP contribution >= 0.6 is 22.9 Å². The molecular weight excluding hydrogens is 388 g/mol. The Kier molecular flexibility index (Phi) is 5.56. The number of aromatic nitrogens is 2. The number of halogens is 1. The predicted molar refractivity (Wildman–Crippen MR) is 102 cm³/mol. The highest BCUT2D eigenvalue weighted by atomic mass is 35.5. The van der Waals surface area contributed by atoms with Crippen LogP contribution in [0.4, 0.5) is 0 Å². The van der Waals surface area contributed by atoms with Crippen LogP contribution in [-0.4, -0.2) is 39.2 Å². The lowest BCUT2D eigenvalue weighted by molar-refractivity contribution is -0.113. The van der Waals surface area contributed by atoms with Crippen molar-refractivity contribution in [1.82, 2.24) is 10.2 Å². The molecule has 142 valence electrons. The van der Waals surface area contributed by atoms with E-state index >= 15 is 0 Å². The first-order valence-electron chi connectivity index (χ1n) is 8.70. The Hall–Kier alpha value is -1.77. The minimum absolute atomic E-state index is 0.102. The molecule has 0 radical (unpaired) electrons. The molecule has 0 bridgehead atoms. The van der Waals surface area contributed by atoms with Crippen molar-refractivity contribution < 1.29 is 19.4 Å². The van der Waals surface area contributed by atoms with Crippen molar-refractivity contribution >= 4 is 22.9 Å². The van der Waals surface area contributed by atoms with E-state index in [0.717, 1.165) is 26.7 Å². The summed E-state index contributed by atoms with van der Waals surface area (Å²) in [6.07, 6.45) is 3.66. The van der Waals surface area contributed by atoms with Gasteiger partial charge in [0.05, 0.1) is 36.7 Å². The third kappa shape index (κ3) is 4.23. The molecule has 1 aliphatic heterocycles. The molecule has 0 aliphatic carbocycles. The van der Waals surface area contributed by atoms with E-state index in [0.29, 0.717) is 24.3 Å². The highest BCUT2D eigenvalue weighted by molar-refractivity contribution is 7.14. The van der Waals surface area contributed by atoms with Gasteiger partial charge in [-0.2, -0.15) is 0 Å². The molecular formula is C19H19ClN2O4S. The zero-order valence-corrected chi connectivity index (χ0v) is 16.0. The summed E-state index contributed by atoms with van der Waals surface area (Å²) in [7, 11) is 0. The number of aliphatic hydroxyl groups is 2. The molecule has 8 heteroatoms. The van der Waals surface area contributed by atoms with Crippen LogP contribution in [0, 0.1) is 0 Å². The van der Waals surface area contributed by atoms with E-state index in [-0.39, 0.29) is 18.8 Å². The number of hydrogen-bond donors (Lipinski definition) is 2. The Morgan fingerprint density at radius 1 is 1.22 bits per heavy atom. The van der Waals surface area contributed by atoms with Crippen molar-refractivity contribution in [3.63, 3.8) is 0 Å². The highest BCUT2D eigenvalue weighted by Gasteiger charge is 2.29. The minimum Gasteiger partial charge on any atom is -0.472 e. The summed E-state index contributed by atoms with van der Waals surface area (Å²) in [5.41, 5.74) is 2.76. The van der Waals surface area contributed by atoms with Crippen LogP contribution in [0.15, 0.2) is 41.2 Å². The molecule has 6 nitrogen and oxygen atoms in total. The van der Waals surface area contributed by atoms with E-state index in [1.54, 1.807) is 12.5 Å². The lowest BCUT2D eigenvalue weighted by Gasteiger charge is -2.32. The minimum atomic E-state index is -0.485. The van der Waals surface area contributed by atoms with Crippen molar-refractivity contribution in [2.24, 2.45) is 0 Å². The Morgan fingerprint density at radius 2 is 2.11 bits per heavy atom. The topological polar surface area (TPSA) is 88.6 Å². The first-order chi connectivity index (χ1) is 13.1. The van der Waals surface area contributed by atoms with E-state index in [1.807, 2.05) is 24.3 Å². The summed E-state index contributed by atoms with van der Waals surface area (Å²) in [4.78, 5) is 0. The van der Waals surface area contributed by atoms with Crippen molar-refractivity contribution in [1.29, 1.82) is 0 Å². The van der Waals surface area contributed by atoms with Gasteiger partial charge in [0.2, 0.25) is 0 Å². The van der Waals surface area contributed by atoms with Gasteiger partial charge in [-0.05, 0) is 23.3 Å². The largest absolute Gasteiger partial charge is 0.472 e. The summed E-state index contributed by atoms with van der Waals surface area (Å²) in [6, 6.07) is 7.57. The van der Waals surface area contributed by atoms with Crippen LogP contribution in [0.3, 0.4) is 0 Å². The standard InChI is InChI=1S/C19H19ClN2O4S/c20-16-2-1-11(17-8-14(24)7-15(9-23)26-17)5-13(16)6-18-21-22-19(27-18)12-3-4-25-10-12/h1-5,10,14-15,17,23-24H,6-9H2. The van der Waals surface area contributed by atoms with E-state index < -0.39 is 6.10 Å². The number of furan rings is 1. The second-order valence-electron chi connectivity index (χ2n) is 6.60. The summed E-state index contributed by atoms with van der Waals surface area (Å²) in [5, 5.41) is 30.2. The highest BCUT2D eigenvalue weighted by Crippen LogP contribution is 2.34. The molecule has 3 aromatic rings. The monoisotopic (exact) mass is 406 g/mol. The maximum absolute atomic E-state index is 10.1. The lowest BCUT2D eigenvalue weighted by atomic mass is 9.95. The van der Waals surface area contributed by atoms with Crippen molar-refractivity contribution in [2.75, 3.05) is 6.61 Å². The number of nitrogens with zero attached hydrogens (tertiary/aromatic N) is 2. The van der Waals surface area contributed by atoms with Gasteiger partial charge in [-0.3, -0.25) is 0 Å². The van der Waals surface area contributed by atoms with E-state index in [1.165, 1.54) is 11.3 Å². The van der Waals surface area contributed by atoms with E-state index in [2.05, 4.69) is 10.2 Å². The Morgan fingerprint density at radius 3 is 2.89 bits per heavy atom. The zero-order valence-electron chi connectivity index (χ0n) is 14.4. The van der Waals surface area contributed by atoms with Crippen LogP contribution in [-0.2, 0) is 11.2 Å². The summed E-state index contributed by atoms with van der Waals surface area (Å²) >= 11 is 7.88. The molecule has 27 heavy (non-hydrogen) atoms. The quantitative estimate of drug-likeness (QED) is 0.672. The molecule has 1 saturated heterocycles. The molecule has 2 N–H and O–H groups in total. The molecule has 3 unspecified atom stereocenters. The van der Waals surface area contributed by atoms with Gasteiger partial charge in [-0.1, -0.05) is 35.1 Å². The van der Waals surface area contributed by atoms with E-state index in [9.17, 15) is 10.2 Å². The summed E-state index contributed by atoms with van der Waals surface area (Å²) in [6.45, 7) is -0.102. The number of aliphatic hydroxyl groups excluding tert-OH is 2. The number of rotatable bonds is 5. The fourth-order valence-corrected chi connectivity index (χ4v) is 4.28. The van der Waals surface area contributed by atoms with Crippen LogP contribution < -0.4 is 0 Å². The first-order valence-corrected chi connectivity index (χ1v) is 9.89. The van der Waals surface area contributed by atoms with Gasteiger partial charge in [-0.15, -0.1) is 10.2 Å².